The molecular weight excluding hydrogens is 482 g/mol. The highest BCUT2D eigenvalue weighted by molar-refractivity contribution is 7.98. The summed E-state index contributed by atoms with van der Waals surface area (Å²) in [4.78, 5) is 39.5. The van der Waals surface area contributed by atoms with Crippen molar-refractivity contribution in [3.8, 4) is 10.4 Å². The lowest BCUT2D eigenvalue weighted by molar-refractivity contribution is -0.123. The number of anilines is 1. The number of carbonyl (C=O) groups is 3. The Bertz CT molecular complexity index is 1160. The fourth-order valence-corrected chi connectivity index (χ4v) is 4.56. The van der Waals surface area contributed by atoms with Crippen LogP contribution in [0.2, 0.25) is 5.02 Å². The smallest absolute Gasteiger partial charge is 0.341 e. The molecule has 9 heteroatoms. The third kappa shape index (κ3) is 6.16. The zero-order valence-corrected chi connectivity index (χ0v) is 20.6. The maximum Gasteiger partial charge on any atom is 0.341 e. The van der Waals surface area contributed by atoms with Crippen LogP contribution in [0.3, 0.4) is 0 Å². The first kappa shape index (κ1) is 24.8. The van der Waals surface area contributed by atoms with Crippen LogP contribution in [-0.2, 0) is 14.3 Å². The van der Waals surface area contributed by atoms with Gasteiger partial charge in [0.05, 0.1) is 22.8 Å². The topological polar surface area (TPSA) is 81.7 Å². The molecule has 172 valence electrons. The zero-order chi connectivity index (χ0) is 24.0. The third-order valence-electron chi connectivity index (χ3n) is 4.57. The molecule has 1 aromatic heterocycles. The van der Waals surface area contributed by atoms with Crippen molar-refractivity contribution in [3.05, 3.63) is 70.7 Å². The second-order valence-electron chi connectivity index (χ2n) is 6.82. The van der Waals surface area contributed by atoms with E-state index in [2.05, 4.69) is 5.32 Å². The molecule has 3 rings (SSSR count). The largest absolute Gasteiger partial charge is 0.462 e. The molecule has 1 unspecified atom stereocenters. The van der Waals surface area contributed by atoms with Gasteiger partial charge in [0.15, 0.2) is 6.10 Å². The molecule has 0 saturated heterocycles. The first-order valence-electron chi connectivity index (χ1n) is 10.1. The van der Waals surface area contributed by atoms with Crippen LogP contribution in [0.15, 0.2) is 59.5 Å². The van der Waals surface area contributed by atoms with Crippen LogP contribution in [0.5, 0.6) is 0 Å². The Balaban J connectivity index is 1.79. The van der Waals surface area contributed by atoms with E-state index in [9.17, 15) is 14.4 Å². The minimum absolute atomic E-state index is 0.179. The second-order valence-corrected chi connectivity index (χ2v) is 9.16. The van der Waals surface area contributed by atoms with Crippen molar-refractivity contribution < 1.29 is 23.9 Å². The van der Waals surface area contributed by atoms with Crippen molar-refractivity contribution in [1.82, 2.24) is 0 Å². The molecule has 1 N–H and O–H groups in total. The van der Waals surface area contributed by atoms with Gasteiger partial charge in [-0.05, 0) is 49.9 Å². The van der Waals surface area contributed by atoms with E-state index in [1.54, 1.807) is 31.2 Å². The zero-order valence-electron chi connectivity index (χ0n) is 18.2. The number of thioether (sulfide) groups is 1. The highest BCUT2D eigenvalue weighted by Crippen LogP contribution is 2.36. The average Bonchev–Trinajstić information content (AvgIpc) is 3.24. The molecule has 0 fully saturated rings. The molecule has 0 aliphatic rings. The Morgan fingerprint density at radius 3 is 2.45 bits per heavy atom. The summed E-state index contributed by atoms with van der Waals surface area (Å²) in [5.74, 6) is -1.83. The monoisotopic (exact) mass is 503 g/mol. The van der Waals surface area contributed by atoms with Gasteiger partial charge in [-0.1, -0.05) is 41.9 Å². The summed E-state index contributed by atoms with van der Waals surface area (Å²) in [5, 5.41) is 3.26. The summed E-state index contributed by atoms with van der Waals surface area (Å²) < 4.78 is 10.5. The van der Waals surface area contributed by atoms with Crippen molar-refractivity contribution in [2.75, 3.05) is 18.2 Å². The van der Waals surface area contributed by atoms with Crippen LogP contribution in [0.25, 0.3) is 10.4 Å². The SMILES string of the molecule is CCOC(=O)c1cc(-c2ccccc2)sc1NC(=O)C(C)OC(=O)c1cc(SC)ccc1Cl. The number of ether oxygens (including phenoxy) is 2. The summed E-state index contributed by atoms with van der Waals surface area (Å²) in [6.45, 7) is 3.36. The number of halogens is 1. The van der Waals surface area contributed by atoms with E-state index in [0.717, 1.165) is 15.3 Å². The Morgan fingerprint density at radius 1 is 1.06 bits per heavy atom. The molecule has 33 heavy (non-hydrogen) atoms. The number of rotatable bonds is 8. The normalized spacial score (nSPS) is 11.5. The number of esters is 2. The lowest BCUT2D eigenvalue weighted by Gasteiger charge is -2.14. The molecule has 0 bridgehead atoms. The summed E-state index contributed by atoms with van der Waals surface area (Å²) in [7, 11) is 0. The summed E-state index contributed by atoms with van der Waals surface area (Å²) >= 11 is 8.82. The summed E-state index contributed by atoms with van der Waals surface area (Å²) in [5.41, 5.74) is 1.32. The van der Waals surface area contributed by atoms with Crippen LogP contribution in [0, 0.1) is 0 Å². The van der Waals surface area contributed by atoms with Gasteiger partial charge in [0.1, 0.15) is 5.00 Å². The molecule has 0 radical (unpaired) electrons. The van der Waals surface area contributed by atoms with Gasteiger partial charge in [-0.15, -0.1) is 23.1 Å². The van der Waals surface area contributed by atoms with E-state index in [4.69, 9.17) is 21.1 Å². The quantitative estimate of drug-likeness (QED) is 0.293. The predicted molar refractivity (Wildman–Crippen MR) is 132 cm³/mol. The molecule has 0 saturated carbocycles. The number of amides is 1. The standard InChI is InChI=1S/C24H22ClNO5S2/c1-4-30-23(28)18-13-20(15-8-6-5-7-9-15)33-22(18)26-21(27)14(2)31-24(29)17-12-16(32-3)10-11-19(17)25/h5-14H,4H2,1-3H3,(H,26,27). The van der Waals surface area contributed by atoms with Crippen molar-refractivity contribution in [1.29, 1.82) is 0 Å². The van der Waals surface area contributed by atoms with Gasteiger partial charge < -0.3 is 14.8 Å². The van der Waals surface area contributed by atoms with Crippen LogP contribution >= 0.6 is 34.7 Å². The minimum Gasteiger partial charge on any atom is -0.462 e. The fraction of sp³-hybridized carbons (Fsp3) is 0.208. The molecule has 1 amide bonds. The minimum atomic E-state index is -1.12. The number of carbonyl (C=O) groups excluding carboxylic acids is 3. The van der Waals surface area contributed by atoms with Crippen molar-refractivity contribution in [2.24, 2.45) is 0 Å². The van der Waals surface area contributed by atoms with Gasteiger partial charge >= 0.3 is 11.9 Å². The molecule has 2 aromatic carbocycles. The van der Waals surface area contributed by atoms with Crippen molar-refractivity contribution >= 4 is 57.5 Å². The van der Waals surface area contributed by atoms with Crippen LogP contribution in [0.4, 0.5) is 5.00 Å². The molecule has 0 aliphatic heterocycles. The number of hydrogen-bond donors (Lipinski definition) is 1. The molecular formula is C24H22ClNO5S2. The molecule has 0 aliphatic carbocycles. The van der Waals surface area contributed by atoms with Crippen LogP contribution in [0.1, 0.15) is 34.6 Å². The average molecular weight is 504 g/mol. The molecule has 1 atom stereocenters. The van der Waals surface area contributed by atoms with Gasteiger partial charge in [0.2, 0.25) is 0 Å². The number of benzene rings is 2. The molecule has 1 heterocycles. The first-order valence-corrected chi connectivity index (χ1v) is 12.5. The van der Waals surface area contributed by atoms with E-state index in [1.165, 1.54) is 30.0 Å². The van der Waals surface area contributed by atoms with E-state index >= 15 is 0 Å². The maximum absolute atomic E-state index is 12.8. The highest BCUT2D eigenvalue weighted by atomic mass is 35.5. The summed E-state index contributed by atoms with van der Waals surface area (Å²) in [6.07, 6.45) is 0.754. The van der Waals surface area contributed by atoms with E-state index in [0.29, 0.717) is 5.00 Å². The maximum atomic E-state index is 12.8. The van der Waals surface area contributed by atoms with Crippen LogP contribution in [-0.4, -0.2) is 36.8 Å². The van der Waals surface area contributed by atoms with Gasteiger partial charge in [0.25, 0.3) is 5.91 Å². The Morgan fingerprint density at radius 2 is 1.79 bits per heavy atom. The van der Waals surface area contributed by atoms with Crippen molar-refractivity contribution in [2.45, 2.75) is 24.8 Å². The second kappa shape index (κ2) is 11.4. The van der Waals surface area contributed by atoms with E-state index in [1.807, 2.05) is 36.6 Å². The van der Waals surface area contributed by atoms with Gasteiger partial charge in [0, 0.05) is 9.77 Å². The number of nitrogens with one attached hydrogen (secondary N) is 1. The van der Waals surface area contributed by atoms with Gasteiger partial charge in [-0.3, -0.25) is 4.79 Å². The highest BCUT2D eigenvalue weighted by Gasteiger charge is 2.25. The van der Waals surface area contributed by atoms with E-state index < -0.39 is 23.9 Å². The lowest BCUT2D eigenvalue weighted by Crippen LogP contribution is -2.30. The van der Waals surface area contributed by atoms with Gasteiger partial charge in [-0.25, -0.2) is 9.59 Å². The third-order valence-corrected chi connectivity index (χ3v) is 6.72. The van der Waals surface area contributed by atoms with Gasteiger partial charge in [-0.2, -0.15) is 0 Å². The Kier molecular flexibility index (Phi) is 8.55. The Labute approximate surface area is 205 Å². The van der Waals surface area contributed by atoms with Crippen molar-refractivity contribution in [3.63, 3.8) is 0 Å². The molecule has 6 nitrogen and oxygen atoms in total. The van der Waals surface area contributed by atoms with Crippen LogP contribution < -0.4 is 5.32 Å². The molecule has 3 aromatic rings. The Hall–Kier alpha value is -2.81. The number of thiophene rings is 1. The lowest BCUT2D eigenvalue weighted by atomic mass is 10.1. The first-order chi connectivity index (χ1) is 15.8. The predicted octanol–water partition coefficient (Wildman–Crippen LogP) is 6.15. The number of hydrogen-bond acceptors (Lipinski definition) is 7. The van der Waals surface area contributed by atoms with E-state index in [-0.39, 0.29) is 22.8 Å². The molecule has 0 spiro atoms. The summed E-state index contributed by atoms with van der Waals surface area (Å²) in [6, 6.07) is 16.2. The fourth-order valence-electron chi connectivity index (χ4n) is 2.87.